The molecule has 6 heteroatoms. The summed E-state index contributed by atoms with van der Waals surface area (Å²) in [5.74, 6) is 1.13. The number of phenolic OH excluding ortho intramolecular Hbond substituents is 1. The summed E-state index contributed by atoms with van der Waals surface area (Å²) < 4.78 is 11.4. The summed E-state index contributed by atoms with van der Waals surface area (Å²) in [6.07, 6.45) is 4.46. The number of unbranched alkanes of at least 4 members (excludes halogenated alkanes) is 2. The number of rotatable bonds is 13. The second-order valence-corrected chi connectivity index (χ2v) is 7.36. The van der Waals surface area contributed by atoms with Crippen LogP contribution in [0, 0.1) is 11.3 Å². The van der Waals surface area contributed by atoms with Crippen LogP contribution in [0.4, 0.5) is 0 Å². The van der Waals surface area contributed by atoms with Crippen molar-refractivity contribution in [2.45, 2.75) is 46.0 Å². The molecule has 0 bridgehead atoms. The number of hydrogen-bond acceptors (Lipinski definition) is 5. The van der Waals surface area contributed by atoms with Crippen LogP contribution in [0.5, 0.6) is 17.2 Å². The molecule has 2 rings (SSSR count). The van der Waals surface area contributed by atoms with Crippen LogP contribution in [0.3, 0.4) is 0 Å². The summed E-state index contributed by atoms with van der Waals surface area (Å²) in [5.41, 5.74) is 0.932. The number of carbonyl (C=O) groups is 1. The number of aromatic hydroxyl groups is 1. The monoisotopic (exact) mass is 424 g/mol. The van der Waals surface area contributed by atoms with Gasteiger partial charge in [-0.05, 0) is 68.5 Å². The van der Waals surface area contributed by atoms with E-state index in [-0.39, 0.29) is 11.7 Å². The van der Waals surface area contributed by atoms with Crippen molar-refractivity contribution < 1.29 is 19.4 Å². The van der Waals surface area contributed by atoms with Gasteiger partial charge in [0.1, 0.15) is 17.2 Å². The summed E-state index contributed by atoms with van der Waals surface area (Å²) in [4.78, 5) is 14.4. The Bertz CT molecular complexity index is 853. The second kappa shape index (κ2) is 13.2. The Labute approximate surface area is 185 Å². The molecule has 0 saturated heterocycles. The van der Waals surface area contributed by atoms with Crippen molar-refractivity contribution in [3.63, 3.8) is 0 Å². The molecule has 0 atom stereocenters. The smallest absolute Gasteiger partial charge is 0.257 e. The number of hydrogen-bond donors (Lipinski definition) is 1. The summed E-state index contributed by atoms with van der Waals surface area (Å²) >= 11 is 0. The first kappa shape index (κ1) is 24.1. The third-order valence-corrected chi connectivity index (χ3v) is 4.78. The summed E-state index contributed by atoms with van der Waals surface area (Å²) in [5, 5.41) is 19.1. The first-order valence-electron chi connectivity index (χ1n) is 11.0. The molecule has 0 heterocycles. The molecule has 1 amide bonds. The molecule has 0 spiro atoms. The van der Waals surface area contributed by atoms with Crippen molar-refractivity contribution in [1.29, 1.82) is 5.26 Å². The van der Waals surface area contributed by atoms with Crippen LogP contribution in [-0.2, 0) is 0 Å². The molecule has 0 fully saturated rings. The third-order valence-electron chi connectivity index (χ3n) is 4.78. The maximum Gasteiger partial charge on any atom is 0.257 e. The Morgan fingerprint density at radius 1 is 0.935 bits per heavy atom. The largest absolute Gasteiger partial charge is 0.507 e. The van der Waals surface area contributed by atoms with Crippen LogP contribution in [0.25, 0.3) is 0 Å². The number of carbonyl (C=O) groups excluding carboxylic acids is 1. The van der Waals surface area contributed by atoms with E-state index >= 15 is 0 Å². The Morgan fingerprint density at radius 3 is 2.06 bits per heavy atom. The molecule has 0 aliphatic carbocycles. The highest BCUT2D eigenvalue weighted by atomic mass is 16.5. The fraction of sp³-hybridized carbons (Fsp3) is 0.440. The summed E-state index contributed by atoms with van der Waals surface area (Å²) in [6, 6.07) is 14.0. The van der Waals surface area contributed by atoms with Gasteiger partial charge in [-0.1, -0.05) is 13.8 Å². The average molecular weight is 425 g/mol. The Morgan fingerprint density at radius 2 is 1.52 bits per heavy atom. The van der Waals surface area contributed by atoms with Gasteiger partial charge in [-0.2, -0.15) is 5.26 Å². The average Bonchev–Trinajstić information content (AvgIpc) is 2.78. The normalized spacial score (nSPS) is 10.4. The van der Waals surface area contributed by atoms with Crippen molar-refractivity contribution in [2.24, 2.45) is 0 Å². The minimum atomic E-state index is -0.144. The second-order valence-electron chi connectivity index (χ2n) is 7.36. The fourth-order valence-corrected chi connectivity index (χ4v) is 3.19. The van der Waals surface area contributed by atoms with Crippen LogP contribution in [0.1, 0.15) is 61.9 Å². The number of amides is 1. The number of nitriles is 1. The molecule has 0 aliphatic rings. The lowest BCUT2D eigenvalue weighted by molar-refractivity contribution is 0.0752. The third kappa shape index (κ3) is 7.86. The summed E-state index contributed by atoms with van der Waals surface area (Å²) in [7, 11) is 0. The highest BCUT2D eigenvalue weighted by Crippen LogP contribution is 2.25. The van der Waals surface area contributed by atoms with Crippen molar-refractivity contribution in [2.75, 3.05) is 26.3 Å². The molecule has 2 aromatic carbocycles. The number of ether oxygens (including phenoxy) is 2. The van der Waals surface area contributed by atoms with E-state index in [1.54, 1.807) is 41.3 Å². The van der Waals surface area contributed by atoms with Crippen LogP contribution in [-0.4, -0.2) is 42.2 Å². The first-order chi connectivity index (χ1) is 15.1. The highest BCUT2D eigenvalue weighted by molar-refractivity contribution is 5.97. The number of phenols is 1. The van der Waals surface area contributed by atoms with Crippen molar-refractivity contribution in [1.82, 2.24) is 4.90 Å². The summed E-state index contributed by atoms with van der Waals surface area (Å²) in [6.45, 7) is 6.56. The Hall–Kier alpha value is -3.20. The van der Waals surface area contributed by atoms with Gasteiger partial charge in [-0.15, -0.1) is 0 Å². The molecule has 0 radical (unpaired) electrons. The topological polar surface area (TPSA) is 82.8 Å². The van der Waals surface area contributed by atoms with Gasteiger partial charge < -0.3 is 19.5 Å². The van der Waals surface area contributed by atoms with Gasteiger partial charge in [0, 0.05) is 19.2 Å². The lowest BCUT2D eigenvalue weighted by Crippen LogP contribution is -2.32. The van der Waals surface area contributed by atoms with E-state index in [1.165, 1.54) is 6.07 Å². The van der Waals surface area contributed by atoms with Gasteiger partial charge in [0.05, 0.1) is 30.4 Å². The van der Waals surface area contributed by atoms with Crippen LogP contribution in [0.2, 0.25) is 0 Å². The molecule has 0 aliphatic heterocycles. The van der Waals surface area contributed by atoms with E-state index in [2.05, 4.69) is 6.07 Å². The predicted molar refractivity (Wildman–Crippen MR) is 121 cm³/mol. The molecule has 0 aromatic heterocycles. The molecule has 2 aromatic rings. The minimum Gasteiger partial charge on any atom is -0.507 e. The van der Waals surface area contributed by atoms with Gasteiger partial charge in [-0.25, -0.2) is 0 Å². The SMILES string of the molecule is CCCN(CCC)C(=O)c1ccc(OCCCCCOc2ccc(C#N)cc2)cc1O. The molecule has 166 valence electrons. The quantitative estimate of drug-likeness (QED) is 0.449. The zero-order valence-electron chi connectivity index (χ0n) is 18.5. The van der Waals surface area contributed by atoms with Crippen molar-refractivity contribution in [3.8, 4) is 23.3 Å². The van der Waals surface area contributed by atoms with Crippen LogP contribution < -0.4 is 9.47 Å². The zero-order chi connectivity index (χ0) is 22.5. The van der Waals surface area contributed by atoms with E-state index < -0.39 is 0 Å². The maximum atomic E-state index is 12.7. The Kier molecular flexibility index (Phi) is 10.2. The molecule has 31 heavy (non-hydrogen) atoms. The van der Waals surface area contributed by atoms with E-state index in [4.69, 9.17) is 14.7 Å². The van der Waals surface area contributed by atoms with E-state index in [9.17, 15) is 9.90 Å². The standard InChI is InChI=1S/C25H32N2O4/c1-3-14-27(15-4-2)25(29)23-13-12-22(18-24(23)28)31-17-7-5-6-16-30-21-10-8-20(19-26)9-11-21/h8-13,18,28H,3-7,14-17H2,1-2H3. The molecule has 6 nitrogen and oxygen atoms in total. The lowest BCUT2D eigenvalue weighted by Gasteiger charge is -2.22. The Balaban J connectivity index is 1.70. The molecule has 0 saturated carbocycles. The fourth-order valence-electron chi connectivity index (χ4n) is 3.19. The molecular formula is C25H32N2O4. The van der Waals surface area contributed by atoms with Gasteiger partial charge >= 0.3 is 0 Å². The van der Waals surface area contributed by atoms with Gasteiger partial charge in [0.15, 0.2) is 0 Å². The molecule has 0 unspecified atom stereocenters. The van der Waals surface area contributed by atoms with E-state index in [0.717, 1.165) is 37.9 Å². The van der Waals surface area contributed by atoms with E-state index in [0.29, 0.717) is 43.2 Å². The van der Waals surface area contributed by atoms with Crippen molar-refractivity contribution >= 4 is 5.91 Å². The zero-order valence-corrected chi connectivity index (χ0v) is 18.5. The lowest BCUT2D eigenvalue weighted by atomic mass is 10.1. The van der Waals surface area contributed by atoms with Crippen LogP contribution >= 0.6 is 0 Å². The van der Waals surface area contributed by atoms with Crippen molar-refractivity contribution in [3.05, 3.63) is 53.6 Å². The van der Waals surface area contributed by atoms with Gasteiger partial charge in [-0.3, -0.25) is 4.79 Å². The van der Waals surface area contributed by atoms with E-state index in [1.807, 2.05) is 13.8 Å². The first-order valence-corrected chi connectivity index (χ1v) is 11.0. The van der Waals surface area contributed by atoms with Crippen LogP contribution in [0.15, 0.2) is 42.5 Å². The highest BCUT2D eigenvalue weighted by Gasteiger charge is 2.18. The predicted octanol–water partition coefficient (Wildman–Crippen LogP) is 5.15. The van der Waals surface area contributed by atoms with Gasteiger partial charge in [0.2, 0.25) is 0 Å². The van der Waals surface area contributed by atoms with Gasteiger partial charge in [0.25, 0.3) is 5.91 Å². The minimum absolute atomic E-state index is 0.0458. The number of nitrogens with zero attached hydrogens (tertiary/aromatic N) is 2. The molecular weight excluding hydrogens is 392 g/mol. The number of benzene rings is 2. The molecule has 1 N–H and O–H groups in total. The maximum absolute atomic E-state index is 12.7.